The number of halogens is 1. The summed E-state index contributed by atoms with van der Waals surface area (Å²) in [5, 5.41) is 0. The highest BCUT2D eigenvalue weighted by Crippen LogP contribution is 2.29. The second-order valence-corrected chi connectivity index (χ2v) is 4.65. The first-order valence-corrected chi connectivity index (χ1v) is 6.32. The maximum absolute atomic E-state index is 5.69. The Morgan fingerprint density at radius 2 is 2.07 bits per heavy atom. The lowest BCUT2D eigenvalue weighted by molar-refractivity contribution is 0.954. The second-order valence-electron chi connectivity index (χ2n) is 3.08. The molecule has 0 saturated heterocycles. The van der Waals surface area contributed by atoms with E-state index in [9.17, 15) is 0 Å². The van der Waals surface area contributed by atoms with Crippen molar-refractivity contribution in [3.05, 3.63) is 54.0 Å². The van der Waals surface area contributed by atoms with Gasteiger partial charge in [-0.1, -0.05) is 48.7 Å². The number of alkyl halides is 1. The summed E-state index contributed by atoms with van der Waals surface area (Å²) in [6.45, 7) is 3.73. The molecule has 0 spiro atoms. The van der Waals surface area contributed by atoms with Crippen molar-refractivity contribution in [2.45, 2.75) is 17.7 Å². The fourth-order valence-corrected chi connectivity index (χ4v) is 2.32. The summed E-state index contributed by atoms with van der Waals surface area (Å²) in [4.78, 5) is 2.58. The summed E-state index contributed by atoms with van der Waals surface area (Å²) in [5.74, 6) is 0.712. The third-order valence-corrected chi connectivity index (χ3v) is 3.23. The van der Waals surface area contributed by atoms with Gasteiger partial charge in [-0.3, -0.25) is 0 Å². The Labute approximate surface area is 101 Å². The summed E-state index contributed by atoms with van der Waals surface area (Å²) in [6, 6.07) is 10.4. The van der Waals surface area contributed by atoms with Crippen molar-refractivity contribution < 1.29 is 0 Å². The first-order chi connectivity index (χ1) is 7.36. The van der Waals surface area contributed by atoms with Gasteiger partial charge in [0.05, 0.1) is 0 Å². The van der Waals surface area contributed by atoms with Crippen LogP contribution in [0.25, 0.3) is 0 Å². The number of rotatable bonds is 6. The Morgan fingerprint density at radius 1 is 1.33 bits per heavy atom. The molecule has 0 N–H and O–H groups in total. The molecule has 0 radical (unpaired) electrons. The molecule has 80 valence electrons. The van der Waals surface area contributed by atoms with E-state index in [1.165, 1.54) is 9.80 Å². The molecule has 0 aliphatic heterocycles. The average molecular weight is 239 g/mol. The summed E-state index contributed by atoms with van der Waals surface area (Å²) in [7, 11) is 0. The van der Waals surface area contributed by atoms with E-state index in [0.717, 1.165) is 12.8 Å². The Hall–Kier alpha value is -0.660. The van der Waals surface area contributed by atoms with Crippen LogP contribution >= 0.6 is 23.4 Å². The molecule has 0 aliphatic rings. The molecule has 0 fully saturated rings. The smallest absolute Gasteiger partial charge is 0.0226 e. The van der Waals surface area contributed by atoms with E-state index in [-0.39, 0.29) is 0 Å². The molecule has 0 amide bonds. The van der Waals surface area contributed by atoms with Gasteiger partial charge in [-0.15, -0.1) is 11.6 Å². The van der Waals surface area contributed by atoms with Gasteiger partial charge in [0.2, 0.25) is 0 Å². The quantitative estimate of drug-likeness (QED) is 0.387. The number of hydrogen-bond donors (Lipinski definition) is 0. The van der Waals surface area contributed by atoms with Gasteiger partial charge >= 0.3 is 0 Å². The molecule has 0 saturated carbocycles. The highest BCUT2D eigenvalue weighted by atomic mass is 35.5. The highest BCUT2D eigenvalue weighted by Gasteiger charge is 1.99. The summed E-state index contributed by atoms with van der Waals surface area (Å²) in [6.07, 6.45) is 5.93. The third kappa shape index (κ3) is 5.10. The molecule has 2 heteroatoms. The number of hydrogen-bond acceptors (Lipinski definition) is 1. The first-order valence-electron chi connectivity index (χ1n) is 4.97. The summed E-state index contributed by atoms with van der Waals surface area (Å²) < 4.78 is 0. The monoisotopic (exact) mass is 238 g/mol. The lowest BCUT2D eigenvalue weighted by Gasteiger charge is -2.05. The largest absolute Gasteiger partial charge is 0.127 e. The first kappa shape index (κ1) is 12.4. The van der Waals surface area contributed by atoms with Crippen molar-refractivity contribution >= 4 is 23.4 Å². The minimum Gasteiger partial charge on any atom is -0.127 e. The molecule has 15 heavy (non-hydrogen) atoms. The fraction of sp³-hybridized carbons (Fsp3) is 0.231. The van der Waals surface area contributed by atoms with E-state index >= 15 is 0 Å². The maximum atomic E-state index is 5.69. The second kappa shape index (κ2) is 7.61. The molecule has 0 unspecified atom stereocenters. The van der Waals surface area contributed by atoms with Gasteiger partial charge in [-0.05, 0) is 29.9 Å². The molecule has 1 aromatic rings. The number of benzene rings is 1. The van der Waals surface area contributed by atoms with Gasteiger partial charge in [0, 0.05) is 10.8 Å². The van der Waals surface area contributed by atoms with Crippen LogP contribution < -0.4 is 0 Å². The van der Waals surface area contributed by atoms with Crippen LogP contribution in [0.2, 0.25) is 0 Å². The van der Waals surface area contributed by atoms with Crippen molar-refractivity contribution in [3.63, 3.8) is 0 Å². The van der Waals surface area contributed by atoms with Crippen LogP contribution in [0.3, 0.4) is 0 Å². The van der Waals surface area contributed by atoms with Crippen LogP contribution in [-0.2, 0) is 0 Å². The minimum absolute atomic E-state index is 0.712. The van der Waals surface area contributed by atoms with E-state index in [0.29, 0.717) is 5.88 Å². The van der Waals surface area contributed by atoms with Crippen LogP contribution in [0.1, 0.15) is 12.8 Å². The number of thioether (sulfide) groups is 1. The van der Waals surface area contributed by atoms with E-state index in [1.54, 1.807) is 11.8 Å². The molecule has 0 heterocycles. The SMILES string of the molecule is C=C/C=C(/CCCCl)Sc1ccccc1. The molecule has 0 aromatic heterocycles. The lowest BCUT2D eigenvalue weighted by Crippen LogP contribution is -1.81. The van der Waals surface area contributed by atoms with Crippen LogP contribution in [0, 0.1) is 0 Å². The van der Waals surface area contributed by atoms with E-state index < -0.39 is 0 Å². The average Bonchev–Trinajstić information content (AvgIpc) is 2.28. The topological polar surface area (TPSA) is 0 Å². The summed E-state index contributed by atoms with van der Waals surface area (Å²) >= 11 is 7.47. The zero-order valence-electron chi connectivity index (χ0n) is 8.66. The zero-order valence-corrected chi connectivity index (χ0v) is 10.2. The van der Waals surface area contributed by atoms with E-state index in [4.69, 9.17) is 11.6 Å². The molecule has 1 aromatic carbocycles. The van der Waals surface area contributed by atoms with E-state index in [2.05, 4.69) is 36.9 Å². The van der Waals surface area contributed by atoms with Crippen LogP contribution in [0.5, 0.6) is 0 Å². The minimum atomic E-state index is 0.712. The Morgan fingerprint density at radius 3 is 2.67 bits per heavy atom. The van der Waals surface area contributed by atoms with Gasteiger partial charge in [0.1, 0.15) is 0 Å². The van der Waals surface area contributed by atoms with Gasteiger partial charge in [-0.25, -0.2) is 0 Å². The summed E-state index contributed by atoms with van der Waals surface area (Å²) in [5.41, 5.74) is 0. The molecular weight excluding hydrogens is 224 g/mol. The van der Waals surface area contributed by atoms with Gasteiger partial charge in [-0.2, -0.15) is 0 Å². The van der Waals surface area contributed by atoms with Crippen molar-refractivity contribution in [1.29, 1.82) is 0 Å². The van der Waals surface area contributed by atoms with E-state index in [1.807, 2.05) is 12.1 Å². The third-order valence-electron chi connectivity index (χ3n) is 1.85. The Bertz CT molecular complexity index is 317. The Balaban J connectivity index is 2.59. The van der Waals surface area contributed by atoms with Gasteiger partial charge in [0.15, 0.2) is 0 Å². The van der Waals surface area contributed by atoms with Crippen LogP contribution in [-0.4, -0.2) is 5.88 Å². The van der Waals surface area contributed by atoms with Crippen LogP contribution in [0.4, 0.5) is 0 Å². The van der Waals surface area contributed by atoms with Crippen molar-refractivity contribution in [1.82, 2.24) is 0 Å². The van der Waals surface area contributed by atoms with Crippen molar-refractivity contribution in [3.8, 4) is 0 Å². The predicted octanol–water partition coefficient (Wildman–Crippen LogP) is 4.87. The van der Waals surface area contributed by atoms with Crippen molar-refractivity contribution in [2.75, 3.05) is 5.88 Å². The fourth-order valence-electron chi connectivity index (χ4n) is 1.18. The molecule has 0 aliphatic carbocycles. The number of allylic oxidation sites excluding steroid dienone is 3. The molecule has 0 atom stereocenters. The molecule has 0 bridgehead atoms. The van der Waals surface area contributed by atoms with Gasteiger partial charge < -0.3 is 0 Å². The Kier molecular flexibility index (Phi) is 6.29. The van der Waals surface area contributed by atoms with Crippen LogP contribution in [0.15, 0.2) is 58.9 Å². The lowest BCUT2D eigenvalue weighted by atomic mass is 10.3. The predicted molar refractivity (Wildman–Crippen MR) is 70.5 cm³/mol. The van der Waals surface area contributed by atoms with Crippen molar-refractivity contribution in [2.24, 2.45) is 0 Å². The zero-order chi connectivity index (χ0) is 10.9. The molecule has 1 rings (SSSR count). The maximum Gasteiger partial charge on any atom is 0.0226 e. The molecular formula is C13H15ClS. The normalized spacial score (nSPS) is 11.4. The van der Waals surface area contributed by atoms with Gasteiger partial charge in [0.25, 0.3) is 0 Å². The standard InChI is InChI=1S/C13H15ClS/c1-2-7-12(10-6-11-14)15-13-8-4-3-5-9-13/h2-5,7-9H,1,6,10-11H2/b12-7-. The highest BCUT2D eigenvalue weighted by molar-refractivity contribution is 8.03. The molecule has 0 nitrogen and oxygen atoms in total.